The van der Waals surface area contributed by atoms with Gasteiger partial charge in [0.2, 0.25) is 0 Å². The van der Waals surface area contributed by atoms with Gasteiger partial charge in [-0.05, 0) is 41.2 Å². The monoisotopic (exact) mass is 429 g/mol. The van der Waals surface area contributed by atoms with Crippen LogP contribution in [0.4, 0.5) is 13.6 Å². The molecule has 1 saturated heterocycles. The van der Waals surface area contributed by atoms with Crippen LogP contribution in [0, 0.1) is 11.6 Å². The first-order chi connectivity index (χ1) is 11.9. The largest absolute Gasteiger partial charge is 0.439 e. The standard InChI is InChI=1S/C16H14BrF2N3O2S/c1-8-14(9-3-10(18)5-11(19)4-9)24-16(23)22(8)7-13-12(17)6-20-15(21-13)25-2/h3-6,8,14H,7H2,1-2H3. The average Bonchev–Trinajstić information content (AvgIpc) is 2.84. The lowest BCUT2D eigenvalue weighted by Crippen LogP contribution is -2.32. The fraction of sp³-hybridized carbons (Fsp3) is 0.312. The van der Waals surface area contributed by atoms with Crippen LogP contribution in [0.25, 0.3) is 0 Å². The maximum Gasteiger partial charge on any atom is 0.411 e. The summed E-state index contributed by atoms with van der Waals surface area (Å²) in [7, 11) is 0. The highest BCUT2D eigenvalue weighted by Crippen LogP contribution is 2.34. The molecule has 2 aromatic rings. The summed E-state index contributed by atoms with van der Waals surface area (Å²) in [5, 5.41) is 0.585. The second-order valence-electron chi connectivity index (χ2n) is 5.53. The number of nitrogens with zero attached hydrogens (tertiary/aromatic N) is 3. The lowest BCUT2D eigenvalue weighted by Gasteiger charge is -2.21. The molecule has 132 valence electrons. The minimum Gasteiger partial charge on any atom is -0.439 e. The molecule has 0 bridgehead atoms. The first-order valence-corrected chi connectivity index (χ1v) is 9.39. The van der Waals surface area contributed by atoms with Gasteiger partial charge < -0.3 is 4.74 Å². The van der Waals surface area contributed by atoms with Gasteiger partial charge in [-0.1, -0.05) is 11.8 Å². The van der Waals surface area contributed by atoms with Crippen LogP contribution in [0.2, 0.25) is 0 Å². The van der Waals surface area contributed by atoms with Gasteiger partial charge in [-0.2, -0.15) is 0 Å². The number of hydrogen-bond donors (Lipinski definition) is 0. The molecular weight excluding hydrogens is 416 g/mol. The first kappa shape index (κ1) is 18.1. The van der Waals surface area contributed by atoms with Crippen molar-refractivity contribution in [1.29, 1.82) is 0 Å². The molecule has 1 aliphatic heterocycles. The Balaban J connectivity index is 1.85. The van der Waals surface area contributed by atoms with E-state index in [-0.39, 0.29) is 12.1 Å². The maximum atomic E-state index is 13.5. The molecule has 1 aromatic heterocycles. The summed E-state index contributed by atoms with van der Waals surface area (Å²) in [6, 6.07) is 2.72. The number of aromatic nitrogens is 2. The summed E-state index contributed by atoms with van der Waals surface area (Å²) in [6.07, 6.45) is 2.17. The van der Waals surface area contributed by atoms with Crippen LogP contribution < -0.4 is 0 Å². The number of amides is 1. The molecule has 25 heavy (non-hydrogen) atoms. The summed E-state index contributed by atoms with van der Waals surface area (Å²) in [5.41, 5.74) is 0.918. The van der Waals surface area contributed by atoms with E-state index in [0.717, 1.165) is 6.07 Å². The van der Waals surface area contributed by atoms with Gasteiger partial charge in [-0.25, -0.2) is 23.5 Å². The fourth-order valence-electron chi connectivity index (χ4n) is 2.65. The Morgan fingerprint density at radius 3 is 2.64 bits per heavy atom. The molecule has 5 nitrogen and oxygen atoms in total. The van der Waals surface area contributed by atoms with Crippen molar-refractivity contribution < 1.29 is 18.3 Å². The van der Waals surface area contributed by atoms with Crippen molar-refractivity contribution >= 4 is 33.8 Å². The van der Waals surface area contributed by atoms with E-state index in [1.54, 1.807) is 13.1 Å². The second kappa shape index (κ2) is 7.25. The molecule has 0 N–H and O–H groups in total. The minimum absolute atomic E-state index is 0.199. The molecule has 2 heterocycles. The number of halogens is 3. The molecule has 1 amide bonds. The SMILES string of the molecule is CSc1ncc(Br)c(CN2C(=O)OC(c3cc(F)cc(F)c3)C2C)n1. The van der Waals surface area contributed by atoms with Crippen molar-refractivity contribution in [2.45, 2.75) is 30.8 Å². The van der Waals surface area contributed by atoms with Gasteiger partial charge in [0.05, 0.1) is 22.8 Å². The molecular formula is C16H14BrF2N3O2S. The third-order valence-electron chi connectivity index (χ3n) is 3.90. The normalized spacial score (nSPS) is 20.0. The predicted molar refractivity (Wildman–Crippen MR) is 92.1 cm³/mol. The molecule has 3 rings (SSSR count). The predicted octanol–water partition coefficient (Wildman–Crippen LogP) is 4.32. The number of hydrogen-bond acceptors (Lipinski definition) is 5. The van der Waals surface area contributed by atoms with Crippen molar-refractivity contribution in [2.75, 3.05) is 6.26 Å². The highest BCUT2D eigenvalue weighted by atomic mass is 79.9. The molecule has 0 radical (unpaired) electrons. The zero-order valence-electron chi connectivity index (χ0n) is 13.4. The van der Waals surface area contributed by atoms with E-state index in [2.05, 4.69) is 25.9 Å². The molecule has 0 saturated carbocycles. The highest BCUT2D eigenvalue weighted by molar-refractivity contribution is 9.10. The zero-order valence-corrected chi connectivity index (χ0v) is 15.8. The number of thioether (sulfide) groups is 1. The lowest BCUT2D eigenvalue weighted by molar-refractivity contribution is 0.130. The van der Waals surface area contributed by atoms with Crippen molar-refractivity contribution in [1.82, 2.24) is 14.9 Å². The number of cyclic esters (lactones) is 1. The lowest BCUT2D eigenvalue weighted by atomic mass is 10.0. The Hall–Kier alpha value is -1.74. The van der Waals surface area contributed by atoms with Crippen LogP contribution in [-0.2, 0) is 11.3 Å². The van der Waals surface area contributed by atoms with E-state index in [0.29, 0.717) is 15.3 Å². The van der Waals surface area contributed by atoms with Gasteiger partial charge in [-0.3, -0.25) is 4.90 Å². The molecule has 2 unspecified atom stereocenters. The molecule has 9 heteroatoms. The van der Waals surface area contributed by atoms with Crippen molar-refractivity contribution in [3.63, 3.8) is 0 Å². The van der Waals surface area contributed by atoms with Gasteiger partial charge in [0, 0.05) is 17.8 Å². The minimum atomic E-state index is -0.752. The van der Waals surface area contributed by atoms with Gasteiger partial charge >= 0.3 is 6.09 Å². The Labute approximate surface area is 155 Å². The second-order valence-corrected chi connectivity index (χ2v) is 7.15. The highest BCUT2D eigenvalue weighted by Gasteiger charge is 2.40. The smallest absolute Gasteiger partial charge is 0.411 e. The Morgan fingerprint density at radius 1 is 1.32 bits per heavy atom. The van der Waals surface area contributed by atoms with Gasteiger partial charge in [0.1, 0.15) is 17.7 Å². The molecule has 0 aliphatic carbocycles. The maximum absolute atomic E-state index is 13.5. The molecule has 1 aliphatic rings. The van der Waals surface area contributed by atoms with E-state index in [9.17, 15) is 13.6 Å². The Morgan fingerprint density at radius 2 is 2.00 bits per heavy atom. The Kier molecular flexibility index (Phi) is 5.24. The molecule has 2 atom stereocenters. The molecule has 1 aromatic carbocycles. The van der Waals surface area contributed by atoms with Crippen LogP contribution in [0.15, 0.2) is 34.0 Å². The number of carbonyl (C=O) groups excluding carboxylic acids is 1. The summed E-state index contributed by atoms with van der Waals surface area (Å²) in [5.74, 6) is -1.42. The van der Waals surface area contributed by atoms with E-state index in [4.69, 9.17) is 4.74 Å². The first-order valence-electron chi connectivity index (χ1n) is 7.37. The van der Waals surface area contributed by atoms with Crippen molar-refractivity contribution in [3.8, 4) is 0 Å². The average molecular weight is 430 g/mol. The summed E-state index contributed by atoms with van der Waals surface area (Å²) >= 11 is 4.76. The number of ether oxygens (including phenoxy) is 1. The van der Waals surface area contributed by atoms with Crippen molar-refractivity contribution in [2.24, 2.45) is 0 Å². The topological polar surface area (TPSA) is 55.3 Å². The fourth-order valence-corrected chi connectivity index (χ4v) is 3.33. The summed E-state index contributed by atoms with van der Waals surface area (Å²) in [6.45, 7) is 1.97. The van der Waals surface area contributed by atoms with E-state index < -0.39 is 29.9 Å². The molecule has 0 spiro atoms. The summed E-state index contributed by atoms with van der Waals surface area (Å²) < 4.78 is 32.9. The zero-order chi connectivity index (χ0) is 18.1. The van der Waals surface area contributed by atoms with Gasteiger partial charge in [0.15, 0.2) is 5.16 Å². The van der Waals surface area contributed by atoms with E-state index in [1.807, 2.05) is 6.26 Å². The van der Waals surface area contributed by atoms with Crippen molar-refractivity contribution in [3.05, 3.63) is 51.8 Å². The van der Waals surface area contributed by atoms with E-state index in [1.165, 1.54) is 28.8 Å². The molecule has 1 fully saturated rings. The van der Waals surface area contributed by atoms with Gasteiger partial charge in [0.25, 0.3) is 0 Å². The number of rotatable bonds is 4. The van der Waals surface area contributed by atoms with Gasteiger partial charge in [-0.15, -0.1) is 0 Å². The Bertz CT molecular complexity index is 804. The van der Waals surface area contributed by atoms with Crippen LogP contribution in [0.1, 0.15) is 24.3 Å². The number of benzene rings is 1. The van der Waals surface area contributed by atoms with Crippen LogP contribution in [-0.4, -0.2) is 33.3 Å². The third kappa shape index (κ3) is 3.77. The van der Waals surface area contributed by atoms with Crippen LogP contribution in [0.3, 0.4) is 0 Å². The van der Waals surface area contributed by atoms with E-state index >= 15 is 0 Å². The number of carbonyl (C=O) groups is 1. The third-order valence-corrected chi connectivity index (χ3v) is 5.13. The van der Waals surface area contributed by atoms with Crippen LogP contribution >= 0.6 is 27.7 Å². The quantitative estimate of drug-likeness (QED) is 0.534. The van der Waals surface area contributed by atoms with Crippen LogP contribution in [0.5, 0.6) is 0 Å². The summed E-state index contributed by atoms with van der Waals surface area (Å²) in [4.78, 5) is 22.3.